The van der Waals surface area contributed by atoms with Crippen LogP contribution in [0.4, 0.5) is 0 Å². The Kier molecular flexibility index (Phi) is 10.3. The van der Waals surface area contributed by atoms with Gasteiger partial charge in [-0.2, -0.15) is 5.10 Å². The van der Waals surface area contributed by atoms with Gasteiger partial charge >= 0.3 is 0 Å². The van der Waals surface area contributed by atoms with E-state index < -0.39 is 12.0 Å². The van der Waals surface area contributed by atoms with Gasteiger partial charge in [0.15, 0.2) is 17.3 Å². The molecule has 7 rings (SSSR count). The average molecular weight is 728 g/mol. The molecule has 0 radical (unpaired) electrons. The minimum atomic E-state index is -0.455. The van der Waals surface area contributed by atoms with Crippen LogP contribution in [0.15, 0.2) is 60.7 Å². The summed E-state index contributed by atoms with van der Waals surface area (Å²) in [5.41, 5.74) is 6.83. The first-order chi connectivity index (χ1) is 24.7. The molecule has 1 amide bonds. The van der Waals surface area contributed by atoms with E-state index in [-0.39, 0.29) is 29.8 Å². The van der Waals surface area contributed by atoms with Crippen LogP contribution < -0.4 is 29.0 Å². The van der Waals surface area contributed by atoms with Crippen molar-refractivity contribution in [2.45, 2.75) is 77.5 Å². The second-order valence-electron chi connectivity index (χ2n) is 14.3. The molecular formula is C41H46ClN3O7. The van der Waals surface area contributed by atoms with Crippen molar-refractivity contribution in [2.75, 3.05) is 20.8 Å². The maximum atomic E-state index is 13.5. The highest BCUT2D eigenvalue weighted by Crippen LogP contribution is 2.50. The number of ketones is 1. The summed E-state index contributed by atoms with van der Waals surface area (Å²) in [6, 6.07) is 15.5. The number of aromatic nitrogens is 2. The zero-order valence-electron chi connectivity index (χ0n) is 31.0. The molecule has 3 aliphatic rings. The highest BCUT2D eigenvalue weighted by atomic mass is 35.5. The molecule has 0 saturated heterocycles. The molecule has 0 bridgehead atoms. The maximum Gasteiger partial charge on any atom is 0.271 e. The zero-order valence-corrected chi connectivity index (χ0v) is 31.8. The predicted octanol–water partition coefficient (Wildman–Crippen LogP) is 7.57. The van der Waals surface area contributed by atoms with Gasteiger partial charge in [0.25, 0.3) is 5.91 Å². The van der Waals surface area contributed by atoms with Gasteiger partial charge in [-0.3, -0.25) is 14.3 Å². The van der Waals surface area contributed by atoms with Gasteiger partial charge in [0, 0.05) is 37.2 Å². The van der Waals surface area contributed by atoms with Gasteiger partial charge in [0.2, 0.25) is 0 Å². The Hall–Kier alpha value is -4.96. The Balaban J connectivity index is 0.000000184. The fourth-order valence-corrected chi connectivity index (χ4v) is 7.14. The highest BCUT2D eigenvalue weighted by molar-refractivity contribution is 6.34. The van der Waals surface area contributed by atoms with E-state index in [1.165, 1.54) is 5.56 Å². The number of Topliss-reactive ketones (excluding diaryl/α,β-unsaturated/α-hetero) is 1. The van der Waals surface area contributed by atoms with Crippen molar-refractivity contribution in [3.8, 4) is 28.7 Å². The number of nitrogens with zero attached hydrogens (tertiary/aromatic N) is 2. The number of rotatable bonds is 7. The van der Waals surface area contributed by atoms with Crippen LogP contribution >= 0.6 is 11.6 Å². The van der Waals surface area contributed by atoms with Gasteiger partial charge in [-0.15, -0.1) is 0 Å². The number of amides is 1. The van der Waals surface area contributed by atoms with Crippen LogP contribution in [0.1, 0.15) is 89.3 Å². The molecule has 1 N–H and O–H groups in total. The van der Waals surface area contributed by atoms with Crippen molar-refractivity contribution in [3.63, 3.8) is 0 Å². The SMILES string of the molecule is C=C(C)[C@H]1Cc2c(ccc3c2O[C@@H]2COc4cc(OC)c(OC)cc4[C@@H]2C3=O)O1.CCc1nn(C)c(C(=O)NCc2ccc(C(C)(C)C)cc2)c1Cl. The average Bonchev–Trinajstić information content (AvgIpc) is 3.70. The Bertz CT molecular complexity index is 2030. The molecule has 52 heavy (non-hydrogen) atoms. The van der Waals surface area contributed by atoms with E-state index in [0.717, 1.165) is 33.7 Å². The molecule has 3 atom stereocenters. The molecule has 0 unspecified atom stereocenters. The van der Waals surface area contributed by atoms with E-state index in [4.69, 9.17) is 35.3 Å². The molecule has 0 spiro atoms. The molecule has 10 nitrogen and oxygen atoms in total. The summed E-state index contributed by atoms with van der Waals surface area (Å²) in [5, 5.41) is 7.62. The number of halogens is 1. The Morgan fingerprint density at radius 3 is 2.37 bits per heavy atom. The molecule has 1 aromatic heterocycles. The number of aryl methyl sites for hydroxylation is 2. The summed E-state index contributed by atoms with van der Waals surface area (Å²) in [5.74, 6) is 2.48. The number of nitrogens with one attached hydrogen (secondary N) is 1. The fourth-order valence-electron chi connectivity index (χ4n) is 6.76. The lowest BCUT2D eigenvalue weighted by molar-refractivity contribution is 0.0554. The molecule has 3 aliphatic heterocycles. The molecule has 3 aromatic carbocycles. The van der Waals surface area contributed by atoms with Gasteiger partial charge < -0.3 is 29.0 Å². The first-order valence-electron chi connectivity index (χ1n) is 17.4. The molecule has 0 fully saturated rings. The molecule has 4 aromatic rings. The monoisotopic (exact) mass is 727 g/mol. The second-order valence-corrected chi connectivity index (χ2v) is 14.7. The smallest absolute Gasteiger partial charge is 0.271 e. The Morgan fingerprint density at radius 1 is 1.06 bits per heavy atom. The van der Waals surface area contributed by atoms with Crippen molar-refractivity contribution in [1.29, 1.82) is 0 Å². The normalized spacial score (nSPS) is 18.2. The lowest BCUT2D eigenvalue weighted by Gasteiger charge is -2.37. The van der Waals surface area contributed by atoms with E-state index in [1.807, 2.05) is 38.1 Å². The molecule has 0 saturated carbocycles. The van der Waals surface area contributed by atoms with Crippen LogP contribution in [-0.4, -0.2) is 54.5 Å². The van der Waals surface area contributed by atoms with Crippen LogP contribution in [0.5, 0.6) is 28.7 Å². The third-order valence-electron chi connectivity index (χ3n) is 9.75. The van der Waals surface area contributed by atoms with Crippen LogP contribution in [0.2, 0.25) is 5.02 Å². The van der Waals surface area contributed by atoms with E-state index >= 15 is 0 Å². The van der Waals surface area contributed by atoms with Crippen LogP contribution in [-0.2, 0) is 31.8 Å². The third kappa shape index (κ3) is 6.96. The molecular weight excluding hydrogens is 682 g/mol. The Morgan fingerprint density at radius 2 is 1.75 bits per heavy atom. The van der Waals surface area contributed by atoms with Gasteiger partial charge in [-0.05, 0) is 53.7 Å². The number of carbonyl (C=O) groups is 2. The van der Waals surface area contributed by atoms with Crippen molar-refractivity contribution in [2.24, 2.45) is 7.05 Å². The molecule has 274 valence electrons. The van der Waals surface area contributed by atoms with Crippen LogP contribution in [0.3, 0.4) is 0 Å². The fraction of sp³-hybridized carbons (Fsp3) is 0.390. The van der Waals surface area contributed by atoms with E-state index in [0.29, 0.717) is 58.7 Å². The summed E-state index contributed by atoms with van der Waals surface area (Å²) in [6.07, 6.45) is 0.860. The van der Waals surface area contributed by atoms with Crippen molar-refractivity contribution in [1.82, 2.24) is 15.1 Å². The number of hydrogen-bond acceptors (Lipinski definition) is 8. The van der Waals surface area contributed by atoms with Gasteiger partial charge in [0.05, 0.1) is 36.4 Å². The quantitative estimate of drug-likeness (QED) is 0.194. The molecule has 11 heteroatoms. The number of hydrogen-bond donors (Lipinski definition) is 1. The minimum absolute atomic E-state index is 0.0228. The first kappa shape index (κ1) is 36.8. The summed E-state index contributed by atoms with van der Waals surface area (Å²) >= 11 is 6.23. The van der Waals surface area contributed by atoms with Crippen molar-refractivity contribution < 1.29 is 33.3 Å². The lowest BCUT2D eigenvalue weighted by atomic mass is 9.81. The number of methoxy groups -OCH3 is 2. The number of benzene rings is 3. The van der Waals surface area contributed by atoms with Crippen LogP contribution in [0.25, 0.3) is 0 Å². The third-order valence-corrected chi connectivity index (χ3v) is 10.1. The summed E-state index contributed by atoms with van der Waals surface area (Å²) in [7, 11) is 4.88. The van der Waals surface area contributed by atoms with E-state index in [1.54, 1.807) is 38.1 Å². The zero-order chi connectivity index (χ0) is 37.5. The van der Waals surface area contributed by atoms with Gasteiger partial charge in [0.1, 0.15) is 41.8 Å². The largest absolute Gasteiger partial charge is 0.493 e. The lowest BCUT2D eigenvalue weighted by Crippen LogP contribution is -2.43. The summed E-state index contributed by atoms with van der Waals surface area (Å²) < 4.78 is 30.5. The Labute approximate surface area is 310 Å². The topological polar surface area (TPSA) is 110 Å². The second kappa shape index (κ2) is 14.6. The van der Waals surface area contributed by atoms with Crippen molar-refractivity contribution >= 4 is 23.3 Å². The first-order valence-corrected chi connectivity index (χ1v) is 17.8. The highest BCUT2D eigenvalue weighted by Gasteiger charge is 2.45. The molecule has 4 heterocycles. The standard InChI is InChI=1S/C23H22O6.C18H24ClN3O/c1-11(2)16-8-14-15(28-16)6-5-12-22(24)21-13-7-18(25-3)19(26-4)9-17(13)27-10-20(21)29-23(12)14;1-6-14-15(19)16(22(5)21-14)17(23)20-11-12-7-9-13(10-8-12)18(2,3)4/h5-7,9,16,20-21H,1,8,10H2,2-4H3;7-10H,6,11H2,1-5H3,(H,20,23)/t16-,20-,21+;/m1./s1. The van der Waals surface area contributed by atoms with Crippen LogP contribution in [0, 0.1) is 0 Å². The number of fused-ring (bicyclic) bond motifs is 6. The number of carbonyl (C=O) groups excluding carboxylic acids is 2. The summed E-state index contributed by atoms with van der Waals surface area (Å²) in [6.45, 7) is 15.2. The van der Waals surface area contributed by atoms with E-state index in [2.05, 4.69) is 49.9 Å². The van der Waals surface area contributed by atoms with E-state index in [9.17, 15) is 9.59 Å². The maximum absolute atomic E-state index is 13.5. The number of ether oxygens (including phenoxy) is 5. The predicted molar refractivity (Wildman–Crippen MR) is 200 cm³/mol. The van der Waals surface area contributed by atoms with Gasteiger partial charge in [-0.1, -0.05) is 70.1 Å². The van der Waals surface area contributed by atoms with Gasteiger partial charge in [-0.25, -0.2) is 0 Å². The van der Waals surface area contributed by atoms with Crippen molar-refractivity contribution in [3.05, 3.63) is 105 Å². The summed E-state index contributed by atoms with van der Waals surface area (Å²) in [4.78, 5) is 25.9. The minimum Gasteiger partial charge on any atom is -0.493 e. The molecule has 0 aliphatic carbocycles.